The summed E-state index contributed by atoms with van der Waals surface area (Å²) in [7, 11) is 1.60. The lowest BCUT2D eigenvalue weighted by molar-refractivity contribution is 0.0376. The molecule has 1 aromatic heterocycles. The van der Waals surface area contributed by atoms with Crippen LogP contribution in [0.25, 0.3) is 0 Å². The van der Waals surface area contributed by atoms with Gasteiger partial charge in [-0.1, -0.05) is 0 Å². The molecule has 7 nitrogen and oxygen atoms in total. The van der Waals surface area contributed by atoms with E-state index in [4.69, 9.17) is 15.2 Å². The Morgan fingerprint density at radius 3 is 3.00 bits per heavy atom. The number of nitrogens with zero attached hydrogens (tertiary/aromatic N) is 3. The van der Waals surface area contributed by atoms with Gasteiger partial charge in [0.25, 0.3) is 0 Å². The molecule has 0 unspecified atom stereocenters. The van der Waals surface area contributed by atoms with Crippen molar-refractivity contribution >= 4 is 29.9 Å². The number of ether oxygens (including phenoxy) is 2. The van der Waals surface area contributed by atoms with Crippen LogP contribution in [0.15, 0.2) is 23.3 Å². The van der Waals surface area contributed by atoms with Crippen molar-refractivity contribution in [3.8, 4) is 5.88 Å². The second kappa shape index (κ2) is 11.4. The number of guanidine groups is 1. The summed E-state index contributed by atoms with van der Waals surface area (Å²) in [6.45, 7) is 6.12. The maximum absolute atomic E-state index is 5.87. The molecule has 0 saturated carbocycles. The Bertz CT molecular complexity index is 481. The molecule has 1 fully saturated rings. The van der Waals surface area contributed by atoms with E-state index < -0.39 is 0 Å². The first-order valence-electron chi connectivity index (χ1n) is 7.61. The van der Waals surface area contributed by atoms with E-state index in [0.717, 1.165) is 51.4 Å². The van der Waals surface area contributed by atoms with Crippen LogP contribution in [0.3, 0.4) is 0 Å². The highest BCUT2D eigenvalue weighted by molar-refractivity contribution is 14.0. The molecule has 0 atom stereocenters. The lowest BCUT2D eigenvalue weighted by atomic mass is 10.3. The van der Waals surface area contributed by atoms with E-state index in [0.29, 0.717) is 18.4 Å². The first-order valence-corrected chi connectivity index (χ1v) is 7.61. The maximum Gasteiger partial charge on any atom is 0.213 e. The predicted octanol–water partition coefficient (Wildman–Crippen LogP) is 0.835. The van der Waals surface area contributed by atoms with Crippen molar-refractivity contribution in [3.05, 3.63) is 23.9 Å². The standard InChI is InChI=1S/C15H25N5O2.HI/c1-21-14-11-13(3-5-17-14)12-19-15(16)18-4-2-6-20-7-9-22-10-8-20;/h3,5,11H,2,4,6-10,12H2,1H3,(H3,16,18,19);1H. The van der Waals surface area contributed by atoms with Gasteiger partial charge in [-0.05, 0) is 24.6 Å². The largest absolute Gasteiger partial charge is 0.481 e. The summed E-state index contributed by atoms with van der Waals surface area (Å²) in [4.78, 5) is 10.8. The number of methoxy groups -OCH3 is 1. The molecule has 2 rings (SSSR count). The smallest absolute Gasteiger partial charge is 0.213 e. The zero-order valence-corrected chi connectivity index (χ0v) is 15.9. The van der Waals surface area contributed by atoms with Crippen LogP contribution in [0.4, 0.5) is 0 Å². The number of nitrogens with one attached hydrogen (secondary N) is 1. The third-order valence-corrected chi connectivity index (χ3v) is 3.50. The van der Waals surface area contributed by atoms with Crippen molar-refractivity contribution in [3.63, 3.8) is 0 Å². The van der Waals surface area contributed by atoms with Crippen molar-refractivity contribution in [1.82, 2.24) is 15.2 Å². The normalized spacial score (nSPS) is 15.8. The number of aliphatic imine (C=N–C) groups is 1. The van der Waals surface area contributed by atoms with Gasteiger partial charge in [0.2, 0.25) is 5.88 Å². The molecular weight excluding hydrogens is 409 g/mol. The maximum atomic E-state index is 5.87. The molecule has 1 aromatic rings. The lowest BCUT2D eigenvalue weighted by Crippen LogP contribution is -2.39. The lowest BCUT2D eigenvalue weighted by Gasteiger charge is -2.26. The van der Waals surface area contributed by atoms with E-state index in [1.807, 2.05) is 12.1 Å². The highest BCUT2D eigenvalue weighted by Gasteiger charge is 2.08. The van der Waals surface area contributed by atoms with Crippen LogP contribution >= 0.6 is 24.0 Å². The fourth-order valence-electron chi connectivity index (χ4n) is 2.24. The Morgan fingerprint density at radius 2 is 2.26 bits per heavy atom. The molecule has 0 aliphatic carbocycles. The van der Waals surface area contributed by atoms with Crippen LogP contribution in [0.5, 0.6) is 5.88 Å². The minimum atomic E-state index is 0. The summed E-state index contributed by atoms with van der Waals surface area (Å²) in [5, 5.41) is 3.14. The van der Waals surface area contributed by atoms with E-state index in [-0.39, 0.29) is 24.0 Å². The predicted molar refractivity (Wildman–Crippen MR) is 101 cm³/mol. The summed E-state index contributed by atoms with van der Waals surface area (Å²) < 4.78 is 10.4. The zero-order chi connectivity index (χ0) is 15.6. The Kier molecular flexibility index (Phi) is 9.88. The zero-order valence-electron chi connectivity index (χ0n) is 13.5. The van der Waals surface area contributed by atoms with Gasteiger partial charge in [0, 0.05) is 31.9 Å². The average Bonchev–Trinajstić information content (AvgIpc) is 2.58. The van der Waals surface area contributed by atoms with E-state index in [1.54, 1.807) is 13.3 Å². The molecule has 0 radical (unpaired) electrons. The molecule has 0 bridgehead atoms. The van der Waals surface area contributed by atoms with Crippen LogP contribution in [-0.4, -0.2) is 62.3 Å². The van der Waals surface area contributed by atoms with E-state index >= 15 is 0 Å². The van der Waals surface area contributed by atoms with Crippen molar-refractivity contribution in [1.29, 1.82) is 0 Å². The summed E-state index contributed by atoms with van der Waals surface area (Å²) in [6, 6.07) is 3.76. The highest BCUT2D eigenvalue weighted by atomic mass is 127. The van der Waals surface area contributed by atoms with Gasteiger partial charge in [-0.15, -0.1) is 24.0 Å². The number of morpholine rings is 1. The number of pyridine rings is 1. The van der Waals surface area contributed by atoms with Crippen LogP contribution < -0.4 is 15.8 Å². The van der Waals surface area contributed by atoms with Crippen LogP contribution in [0.2, 0.25) is 0 Å². The van der Waals surface area contributed by atoms with Crippen molar-refractivity contribution in [2.75, 3.05) is 46.5 Å². The van der Waals surface area contributed by atoms with Gasteiger partial charge in [-0.25, -0.2) is 9.98 Å². The Morgan fingerprint density at radius 1 is 1.48 bits per heavy atom. The topological polar surface area (TPSA) is 85.0 Å². The van der Waals surface area contributed by atoms with Crippen molar-refractivity contribution in [2.24, 2.45) is 10.7 Å². The van der Waals surface area contributed by atoms with E-state index in [2.05, 4.69) is 20.2 Å². The highest BCUT2D eigenvalue weighted by Crippen LogP contribution is 2.09. The molecule has 0 amide bonds. The van der Waals surface area contributed by atoms with Gasteiger partial charge >= 0.3 is 0 Å². The molecule has 1 aliphatic heterocycles. The number of hydrogen-bond acceptors (Lipinski definition) is 5. The second-order valence-corrected chi connectivity index (χ2v) is 5.14. The fraction of sp³-hybridized carbons (Fsp3) is 0.600. The van der Waals surface area contributed by atoms with Gasteiger partial charge in [0.1, 0.15) is 0 Å². The quantitative estimate of drug-likeness (QED) is 0.286. The van der Waals surface area contributed by atoms with Gasteiger partial charge < -0.3 is 20.5 Å². The minimum absolute atomic E-state index is 0. The summed E-state index contributed by atoms with van der Waals surface area (Å²) in [5.41, 5.74) is 6.89. The number of hydrogen-bond donors (Lipinski definition) is 2. The van der Waals surface area contributed by atoms with Gasteiger partial charge in [-0.3, -0.25) is 4.90 Å². The molecule has 1 saturated heterocycles. The molecular formula is C15H26IN5O2. The average molecular weight is 435 g/mol. The van der Waals surface area contributed by atoms with Gasteiger partial charge in [0.15, 0.2) is 5.96 Å². The Labute approximate surface area is 154 Å². The summed E-state index contributed by atoms with van der Waals surface area (Å²) in [5.74, 6) is 1.06. The van der Waals surface area contributed by atoms with Crippen molar-refractivity contribution < 1.29 is 9.47 Å². The molecule has 8 heteroatoms. The molecule has 23 heavy (non-hydrogen) atoms. The molecule has 0 aromatic carbocycles. The molecule has 0 spiro atoms. The Hall–Kier alpha value is -1.13. The fourth-order valence-corrected chi connectivity index (χ4v) is 2.24. The molecule has 130 valence electrons. The third-order valence-electron chi connectivity index (χ3n) is 3.50. The van der Waals surface area contributed by atoms with Crippen LogP contribution in [-0.2, 0) is 11.3 Å². The first-order chi connectivity index (χ1) is 10.8. The van der Waals surface area contributed by atoms with Crippen LogP contribution in [0, 0.1) is 0 Å². The summed E-state index contributed by atoms with van der Waals surface area (Å²) in [6.07, 6.45) is 2.74. The second-order valence-electron chi connectivity index (χ2n) is 5.14. The first kappa shape index (κ1) is 19.9. The number of halogens is 1. The van der Waals surface area contributed by atoms with E-state index in [1.165, 1.54) is 0 Å². The molecule has 1 aliphatic rings. The minimum Gasteiger partial charge on any atom is -0.481 e. The number of nitrogens with two attached hydrogens (primary N) is 1. The summed E-state index contributed by atoms with van der Waals surface area (Å²) >= 11 is 0. The van der Waals surface area contributed by atoms with Gasteiger partial charge in [-0.2, -0.15) is 0 Å². The van der Waals surface area contributed by atoms with Crippen LogP contribution in [0.1, 0.15) is 12.0 Å². The van der Waals surface area contributed by atoms with E-state index in [9.17, 15) is 0 Å². The number of aromatic nitrogens is 1. The molecule has 3 N–H and O–H groups in total. The van der Waals surface area contributed by atoms with Gasteiger partial charge in [0.05, 0.1) is 26.9 Å². The number of rotatable bonds is 7. The molecule has 2 heterocycles. The SMILES string of the molecule is COc1cc(CN=C(N)NCCCN2CCOCC2)ccn1.I. The third kappa shape index (κ3) is 7.80. The van der Waals surface area contributed by atoms with Crippen molar-refractivity contribution in [2.45, 2.75) is 13.0 Å². The monoisotopic (exact) mass is 435 g/mol. The Balaban J connectivity index is 0.00000264.